The highest BCUT2D eigenvalue weighted by atomic mass is 35.5. The SMILES string of the molecule is Cc1ccc(Cl)cc1NCc1cc(F)cc(Cl)c1. The van der Waals surface area contributed by atoms with Gasteiger partial charge in [-0.25, -0.2) is 4.39 Å². The largest absolute Gasteiger partial charge is 0.381 e. The molecule has 0 radical (unpaired) electrons. The first-order valence-electron chi connectivity index (χ1n) is 5.49. The number of anilines is 1. The number of aryl methyl sites for hydroxylation is 1. The maximum atomic E-state index is 13.2. The summed E-state index contributed by atoms with van der Waals surface area (Å²) in [5.74, 6) is -0.331. The minimum Gasteiger partial charge on any atom is -0.381 e. The van der Waals surface area contributed by atoms with Gasteiger partial charge in [0.2, 0.25) is 0 Å². The van der Waals surface area contributed by atoms with Crippen LogP contribution in [-0.4, -0.2) is 0 Å². The third-order valence-corrected chi connectivity index (χ3v) is 3.06. The number of nitrogens with one attached hydrogen (secondary N) is 1. The van der Waals surface area contributed by atoms with Gasteiger partial charge in [0.1, 0.15) is 5.82 Å². The van der Waals surface area contributed by atoms with Crippen molar-refractivity contribution in [1.82, 2.24) is 0 Å². The second-order valence-corrected chi connectivity index (χ2v) is 4.96. The molecule has 1 N–H and O–H groups in total. The van der Waals surface area contributed by atoms with Gasteiger partial charge in [0.15, 0.2) is 0 Å². The van der Waals surface area contributed by atoms with Crippen LogP contribution in [0.4, 0.5) is 10.1 Å². The second kappa shape index (κ2) is 5.59. The van der Waals surface area contributed by atoms with Gasteiger partial charge in [0.05, 0.1) is 0 Å². The minimum atomic E-state index is -0.331. The molecule has 94 valence electrons. The van der Waals surface area contributed by atoms with E-state index in [1.54, 1.807) is 6.07 Å². The van der Waals surface area contributed by atoms with Crippen LogP contribution in [0.5, 0.6) is 0 Å². The highest BCUT2D eigenvalue weighted by Crippen LogP contribution is 2.21. The molecule has 0 aliphatic heterocycles. The zero-order valence-electron chi connectivity index (χ0n) is 9.81. The Labute approximate surface area is 116 Å². The van der Waals surface area contributed by atoms with Crippen LogP contribution in [0.15, 0.2) is 36.4 Å². The van der Waals surface area contributed by atoms with Crippen molar-refractivity contribution < 1.29 is 4.39 Å². The predicted molar refractivity (Wildman–Crippen MR) is 74.9 cm³/mol. The first-order valence-corrected chi connectivity index (χ1v) is 6.25. The number of hydrogen-bond donors (Lipinski definition) is 1. The molecule has 2 aromatic rings. The summed E-state index contributed by atoms with van der Waals surface area (Å²) < 4.78 is 13.2. The van der Waals surface area contributed by atoms with Gasteiger partial charge in [-0.2, -0.15) is 0 Å². The van der Waals surface area contributed by atoms with Crippen LogP contribution in [0.25, 0.3) is 0 Å². The summed E-state index contributed by atoms with van der Waals surface area (Å²) >= 11 is 11.7. The summed E-state index contributed by atoms with van der Waals surface area (Å²) in [5.41, 5.74) is 2.81. The highest BCUT2D eigenvalue weighted by molar-refractivity contribution is 6.31. The Morgan fingerprint density at radius 1 is 1.06 bits per heavy atom. The second-order valence-electron chi connectivity index (χ2n) is 4.09. The molecule has 1 nitrogen and oxygen atoms in total. The van der Waals surface area contributed by atoms with Crippen LogP contribution in [0.3, 0.4) is 0 Å². The van der Waals surface area contributed by atoms with Crippen LogP contribution in [0, 0.1) is 12.7 Å². The summed E-state index contributed by atoms with van der Waals surface area (Å²) in [7, 11) is 0. The fraction of sp³-hybridized carbons (Fsp3) is 0.143. The van der Waals surface area contributed by atoms with Gasteiger partial charge in [0.25, 0.3) is 0 Å². The lowest BCUT2D eigenvalue weighted by molar-refractivity contribution is 0.626. The molecule has 0 aromatic heterocycles. The van der Waals surface area contributed by atoms with Crippen LogP contribution < -0.4 is 5.32 Å². The summed E-state index contributed by atoms with van der Waals surface area (Å²) in [6.45, 7) is 2.48. The van der Waals surface area contributed by atoms with E-state index < -0.39 is 0 Å². The molecular weight excluding hydrogens is 272 g/mol. The van der Waals surface area contributed by atoms with Crippen molar-refractivity contribution in [2.45, 2.75) is 13.5 Å². The van der Waals surface area contributed by atoms with E-state index in [0.717, 1.165) is 16.8 Å². The van der Waals surface area contributed by atoms with Gasteiger partial charge in [-0.3, -0.25) is 0 Å². The molecule has 0 saturated carbocycles. The zero-order valence-corrected chi connectivity index (χ0v) is 11.3. The van der Waals surface area contributed by atoms with Crippen molar-refractivity contribution in [2.75, 3.05) is 5.32 Å². The zero-order chi connectivity index (χ0) is 13.1. The van der Waals surface area contributed by atoms with Crippen molar-refractivity contribution in [3.8, 4) is 0 Å². The molecule has 0 fully saturated rings. The molecule has 0 atom stereocenters. The van der Waals surface area contributed by atoms with Crippen molar-refractivity contribution >= 4 is 28.9 Å². The van der Waals surface area contributed by atoms with Gasteiger partial charge >= 0.3 is 0 Å². The number of benzene rings is 2. The standard InChI is InChI=1S/C14H12Cl2FN/c1-9-2-3-11(15)7-14(9)18-8-10-4-12(16)6-13(17)5-10/h2-7,18H,8H2,1H3. The molecule has 4 heteroatoms. The van der Waals surface area contributed by atoms with Crippen LogP contribution in [0.2, 0.25) is 10.0 Å². The van der Waals surface area contributed by atoms with Gasteiger partial charge in [-0.1, -0.05) is 29.3 Å². The summed E-state index contributed by atoms with van der Waals surface area (Å²) in [4.78, 5) is 0. The Bertz CT molecular complexity index is 549. The minimum absolute atomic E-state index is 0.331. The Kier molecular flexibility index (Phi) is 4.10. The molecule has 0 spiro atoms. The third-order valence-electron chi connectivity index (χ3n) is 2.60. The van der Waals surface area contributed by atoms with Crippen LogP contribution >= 0.6 is 23.2 Å². The molecular formula is C14H12Cl2FN. The monoisotopic (exact) mass is 283 g/mol. The van der Waals surface area contributed by atoms with E-state index in [0.29, 0.717) is 16.6 Å². The number of rotatable bonds is 3. The van der Waals surface area contributed by atoms with Crippen LogP contribution in [0.1, 0.15) is 11.1 Å². The van der Waals surface area contributed by atoms with E-state index in [-0.39, 0.29) is 5.82 Å². The Morgan fingerprint density at radius 3 is 2.56 bits per heavy atom. The van der Waals surface area contributed by atoms with Crippen molar-refractivity contribution in [3.05, 3.63) is 63.4 Å². The number of halogens is 3. The maximum absolute atomic E-state index is 13.2. The predicted octanol–water partition coefficient (Wildman–Crippen LogP) is 5.05. The van der Waals surface area contributed by atoms with Crippen LogP contribution in [-0.2, 0) is 6.54 Å². The van der Waals surface area contributed by atoms with Crippen molar-refractivity contribution in [3.63, 3.8) is 0 Å². The number of hydrogen-bond acceptors (Lipinski definition) is 1. The lowest BCUT2D eigenvalue weighted by Crippen LogP contribution is -2.01. The molecule has 0 bridgehead atoms. The molecule has 2 aromatic carbocycles. The molecule has 0 amide bonds. The molecule has 0 saturated heterocycles. The van der Waals surface area contributed by atoms with Gasteiger partial charge in [-0.15, -0.1) is 0 Å². The topological polar surface area (TPSA) is 12.0 Å². The molecule has 0 unspecified atom stereocenters. The maximum Gasteiger partial charge on any atom is 0.125 e. The summed E-state index contributed by atoms with van der Waals surface area (Å²) in [5, 5.41) is 4.28. The van der Waals surface area contributed by atoms with E-state index in [1.807, 2.05) is 25.1 Å². The van der Waals surface area contributed by atoms with Gasteiger partial charge in [0, 0.05) is 22.3 Å². The first-order chi connectivity index (χ1) is 8.54. The van der Waals surface area contributed by atoms with E-state index in [2.05, 4.69) is 5.32 Å². The van der Waals surface area contributed by atoms with Crippen molar-refractivity contribution in [2.24, 2.45) is 0 Å². The Hall–Kier alpha value is -1.25. The first kappa shape index (κ1) is 13.2. The Morgan fingerprint density at radius 2 is 1.83 bits per heavy atom. The molecule has 0 aliphatic rings. The Balaban J connectivity index is 2.13. The summed E-state index contributed by atoms with van der Waals surface area (Å²) in [6.07, 6.45) is 0. The van der Waals surface area contributed by atoms with Crippen molar-refractivity contribution in [1.29, 1.82) is 0 Å². The van der Waals surface area contributed by atoms with E-state index in [4.69, 9.17) is 23.2 Å². The van der Waals surface area contributed by atoms with E-state index in [1.165, 1.54) is 12.1 Å². The smallest absolute Gasteiger partial charge is 0.125 e. The molecule has 0 heterocycles. The van der Waals surface area contributed by atoms with Gasteiger partial charge in [-0.05, 0) is 48.4 Å². The fourth-order valence-electron chi connectivity index (χ4n) is 1.69. The molecule has 18 heavy (non-hydrogen) atoms. The lowest BCUT2D eigenvalue weighted by atomic mass is 10.1. The molecule has 0 aliphatic carbocycles. The quantitative estimate of drug-likeness (QED) is 0.831. The average Bonchev–Trinajstić information content (AvgIpc) is 2.29. The normalized spacial score (nSPS) is 10.4. The third kappa shape index (κ3) is 3.37. The van der Waals surface area contributed by atoms with Gasteiger partial charge < -0.3 is 5.32 Å². The summed E-state index contributed by atoms with van der Waals surface area (Å²) in [6, 6.07) is 10.1. The average molecular weight is 284 g/mol. The van der Waals surface area contributed by atoms with E-state index in [9.17, 15) is 4.39 Å². The van der Waals surface area contributed by atoms with E-state index >= 15 is 0 Å². The molecule has 2 rings (SSSR count). The lowest BCUT2D eigenvalue weighted by Gasteiger charge is -2.10. The fourth-order valence-corrected chi connectivity index (χ4v) is 2.11. The highest BCUT2D eigenvalue weighted by Gasteiger charge is 2.02.